The van der Waals surface area contributed by atoms with Crippen molar-refractivity contribution in [2.75, 3.05) is 0 Å². The third-order valence-corrected chi connectivity index (χ3v) is 0.373. The summed E-state index contributed by atoms with van der Waals surface area (Å²) in [6.45, 7) is 0. The molecule has 0 unspecified atom stereocenters. The van der Waals surface area contributed by atoms with Crippen LogP contribution in [0.25, 0.3) is 0 Å². The minimum atomic E-state index is -3.23. The molecule has 0 atom stereocenters. The Morgan fingerprint density at radius 2 is 0.923 bits per heavy atom. The molecule has 0 saturated carbocycles. The molecule has 0 aliphatic rings. The monoisotopic (exact) mass is 255 g/mol. The molecule has 4 nitrogen and oxygen atoms in total. The summed E-state index contributed by atoms with van der Waals surface area (Å²) in [5, 5.41) is 14.5. The zero-order valence-corrected chi connectivity index (χ0v) is 6.62. The third kappa shape index (κ3) is 18.3. The summed E-state index contributed by atoms with van der Waals surface area (Å²) in [7, 11) is 0. The molecular weight excluding hydrogens is 252 g/mol. The normalized spacial score (nSPS) is 8.46. The molecule has 0 bridgehead atoms. The SMILES string of the molecule is O=C(O)C(F)F.O=C(O)C(F)F.[Cu]. The first-order chi connectivity index (χ1) is 5.29. The van der Waals surface area contributed by atoms with Gasteiger partial charge in [-0.05, 0) is 0 Å². The minimum Gasteiger partial charge on any atom is -0.477 e. The van der Waals surface area contributed by atoms with E-state index in [1.165, 1.54) is 0 Å². The zero-order valence-electron chi connectivity index (χ0n) is 5.68. The van der Waals surface area contributed by atoms with Crippen molar-refractivity contribution in [3.05, 3.63) is 0 Å². The number of aliphatic carboxylic acids is 2. The fraction of sp³-hybridized carbons (Fsp3) is 0.500. The van der Waals surface area contributed by atoms with E-state index in [2.05, 4.69) is 0 Å². The molecule has 0 fully saturated rings. The molecule has 0 heterocycles. The number of carboxylic acid groups (broad SMARTS) is 2. The van der Waals surface area contributed by atoms with Gasteiger partial charge in [0.2, 0.25) is 0 Å². The van der Waals surface area contributed by atoms with E-state index in [1.54, 1.807) is 0 Å². The number of rotatable bonds is 2. The fourth-order valence-corrected chi connectivity index (χ4v) is 0. The molecule has 0 amide bonds. The van der Waals surface area contributed by atoms with Gasteiger partial charge in [-0.3, -0.25) is 0 Å². The first-order valence-corrected chi connectivity index (χ1v) is 2.31. The quantitative estimate of drug-likeness (QED) is 0.562. The van der Waals surface area contributed by atoms with Crippen LogP contribution in [0.3, 0.4) is 0 Å². The van der Waals surface area contributed by atoms with Gasteiger partial charge in [0.1, 0.15) is 0 Å². The topological polar surface area (TPSA) is 74.6 Å². The van der Waals surface area contributed by atoms with E-state index in [-0.39, 0.29) is 17.1 Å². The largest absolute Gasteiger partial charge is 0.477 e. The molecule has 0 rings (SSSR count). The average Bonchev–Trinajstić information content (AvgIpc) is 1.88. The van der Waals surface area contributed by atoms with E-state index in [1.807, 2.05) is 0 Å². The van der Waals surface area contributed by atoms with Crippen LogP contribution < -0.4 is 0 Å². The molecule has 0 aromatic heterocycles. The maximum atomic E-state index is 10.6. The van der Waals surface area contributed by atoms with Crippen molar-refractivity contribution in [2.24, 2.45) is 0 Å². The van der Waals surface area contributed by atoms with E-state index in [9.17, 15) is 17.6 Å². The predicted molar refractivity (Wildman–Crippen MR) is 27.3 cm³/mol. The van der Waals surface area contributed by atoms with Crippen molar-refractivity contribution in [1.29, 1.82) is 0 Å². The van der Waals surface area contributed by atoms with E-state index in [4.69, 9.17) is 19.8 Å². The van der Waals surface area contributed by atoms with Crippen molar-refractivity contribution in [3.63, 3.8) is 0 Å². The second-order valence-electron chi connectivity index (χ2n) is 1.28. The summed E-state index contributed by atoms with van der Waals surface area (Å²) in [5.74, 6) is -4.15. The van der Waals surface area contributed by atoms with Gasteiger partial charge >= 0.3 is 24.8 Å². The van der Waals surface area contributed by atoms with Crippen molar-refractivity contribution < 1.29 is 54.4 Å². The molecule has 0 spiro atoms. The Bertz CT molecular complexity index is 144. The van der Waals surface area contributed by atoms with Crippen LogP contribution >= 0.6 is 0 Å². The van der Waals surface area contributed by atoms with Crippen LogP contribution in [0, 0.1) is 0 Å². The summed E-state index contributed by atoms with van der Waals surface area (Å²) in [4.78, 5) is 17.9. The first kappa shape index (κ1) is 18.1. The Morgan fingerprint density at radius 3 is 0.923 bits per heavy atom. The van der Waals surface area contributed by atoms with Crippen LogP contribution in [-0.4, -0.2) is 35.0 Å². The summed E-state index contributed by atoms with van der Waals surface area (Å²) in [5.41, 5.74) is 0. The summed E-state index contributed by atoms with van der Waals surface area (Å²) in [6.07, 6.45) is -6.46. The molecule has 9 heteroatoms. The van der Waals surface area contributed by atoms with E-state index in [0.29, 0.717) is 0 Å². The van der Waals surface area contributed by atoms with Gasteiger partial charge in [-0.15, -0.1) is 0 Å². The number of halogens is 4. The van der Waals surface area contributed by atoms with Gasteiger partial charge in [0.15, 0.2) is 0 Å². The number of hydrogen-bond acceptors (Lipinski definition) is 2. The Balaban J connectivity index is -0.000000143. The minimum absolute atomic E-state index is 0. The number of hydrogen-bond donors (Lipinski definition) is 2. The van der Waals surface area contributed by atoms with Crippen LogP contribution in [0.1, 0.15) is 0 Å². The predicted octanol–water partition coefficient (Wildman–Crippen LogP) is 0.670. The average molecular weight is 256 g/mol. The Hall–Kier alpha value is -0.821. The zero-order chi connectivity index (χ0) is 10.3. The maximum absolute atomic E-state index is 10.6. The van der Waals surface area contributed by atoms with Gasteiger partial charge in [-0.1, -0.05) is 0 Å². The first-order valence-electron chi connectivity index (χ1n) is 2.31. The number of carboxylic acids is 2. The molecule has 83 valence electrons. The third-order valence-electron chi connectivity index (χ3n) is 0.373. The van der Waals surface area contributed by atoms with Gasteiger partial charge in [-0.2, -0.15) is 17.6 Å². The van der Waals surface area contributed by atoms with Crippen LogP contribution in [-0.2, 0) is 26.7 Å². The smallest absolute Gasteiger partial charge is 0.371 e. The molecular formula is C4H4CuF4O4. The Morgan fingerprint density at radius 1 is 0.846 bits per heavy atom. The Labute approximate surface area is 80.0 Å². The van der Waals surface area contributed by atoms with Crippen molar-refractivity contribution in [1.82, 2.24) is 0 Å². The van der Waals surface area contributed by atoms with Crippen LogP contribution in [0.2, 0.25) is 0 Å². The standard InChI is InChI=1S/2C2H2F2O2.Cu/c2*3-1(4)2(5)6;/h2*1H,(H,5,6);. The molecule has 0 saturated heterocycles. The number of carbonyl (C=O) groups is 2. The molecule has 13 heavy (non-hydrogen) atoms. The summed E-state index contributed by atoms with van der Waals surface area (Å²) >= 11 is 0. The van der Waals surface area contributed by atoms with Crippen molar-refractivity contribution >= 4 is 11.9 Å². The second-order valence-corrected chi connectivity index (χ2v) is 1.28. The van der Waals surface area contributed by atoms with Gasteiger partial charge in [0.25, 0.3) is 0 Å². The van der Waals surface area contributed by atoms with E-state index < -0.39 is 24.8 Å². The molecule has 0 aliphatic carbocycles. The van der Waals surface area contributed by atoms with Gasteiger partial charge < -0.3 is 10.2 Å². The van der Waals surface area contributed by atoms with Gasteiger partial charge in [0.05, 0.1) is 0 Å². The van der Waals surface area contributed by atoms with Crippen LogP contribution in [0.15, 0.2) is 0 Å². The fourth-order valence-electron chi connectivity index (χ4n) is 0. The summed E-state index contributed by atoms with van der Waals surface area (Å²) < 4.78 is 42.2. The molecule has 0 aromatic carbocycles. The van der Waals surface area contributed by atoms with Crippen LogP contribution in [0.4, 0.5) is 17.6 Å². The van der Waals surface area contributed by atoms with Gasteiger partial charge in [-0.25, -0.2) is 9.59 Å². The van der Waals surface area contributed by atoms with Crippen LogP contribution in [0.5, 0.6) is 0 Å². The second kappa shape index (κ2) is 9.27. The van der Waals surface area contributed by atoms with E-state index >= 15 is 0 Å². The molecule has 0 aromatic rings. The molecule has 0 aliphatic heterocycles. The van der Waals surface area contributed by atoms with E-state index in [0.717, 1.165) is 0 Å². The van der Waals surface area contributed by atoms with Gasteiger partial charge in [0, 0.05) is 17.1 Å². The summed E-state index contributed by atoms with van der Waals surface area (Å²) in [6, 6.07) is 0. The van der Waals surface area contributed by atoms with Crippen molar-refractivity contribution in [3.8, 4) is 0 Å². The Kier molecular flexibility index (Phi) is 12.9. The maximum Gasteiger partial charge on any atom is 0.371 e. The molecule has 2 N–H and O–H groups in total. The number of alkyl halides is 4. The molecule has 1 radical (unpaired) electrons. The van der Waals surface area contributed by atoms with Crippen molar-refractivity contribution in [2.45, 2.75) is 12.9 Å².